The van der Waals surface area contributed by atoms with E-state index < -0.39 is 0 Å². The molecule has 0 unspecified atom stereocenters. The molecule has 0 spiro atoms. The molecule has 0 aliphatic rings. The van der Waals surface area contributed by atoms with Crippen LogP contribution in [-0.4, -0.2) is 19.6 Å². The highest BCUT2D eigenvalue weighted by atomic mass is 16.3. The fourth-order valence-electron chi connectivity index (χ4n) is 6.40. The number of phenols is 1. The molecule has 0 amide bonds. The number of rotatable bonds is 6. The van der Waals surface area contributed by atoms with Gasteiger partial charge in [-0.2, -0.15) is 0 Å². The highest BCUT2D eigenvalue weighted by Gasteiger charge is 2.28. The second kappa shape index (κ2) is 12.2. The summed E-state index contributed by atoms with van der Waals surface area (Å²) in [5, 5.41) is 11.9. The Morgan fingerprint density at radius 3 is 2.06 bits per heavy atom. The van der Waals surface area contributed by atoms with Crippen LogP contribution in [0.5, 0.6) is 5.75 Å². The van der Waals surface area contributed by atoms with Gasteiger partial charge in [-0.1, -0.05) is 122 Å². The number of aromatic hydroxyl groups is 1. The molecule has 6 aromatic rings. The maximum atomic E-state index is 11.9. The quantitative estimate of drug-likeness (QED) is 0.201. The predicted octanol–water partition coefficient (Wildman–Crippen LogP) is 11.4. The van der Waals surface area contributed by atoms with Crippen LogP contribution in [0.1, 0.15) is 72.1 Å². The van der Waals surface area contributed by atoms with Gasteiger partial charge in [-0.05, 0) is 75.8 Å². The number of aromatic nitrogens is 3. The topological polar surface area (TPSA) is 50.9 Å². The Labute approximate surface area is 280 Å². The minimum absolute atomic E-state index is 0.0899. The van der Waals surface area contributed by atoms with Crippen LogP contribution in [0, 0.1) is 12.8 Å². The van der Waals surface area contributed by atoms with Gasteiger partial charge in [0.25, 0.3) is 0 Å². The molecule has 0 saturated heterocycles. The average molecular weight is 622 g/mol. The van der Waals surface area contributed by atoms with Gasteiger partial charge in [0, 0.05) is 29.4 Å². The first-order chi connectivity index (χ1) is 22.2. The molecule has 2 heterocycles. The van der Waals surface area contributed by atoms with E-state index in [2.05, 4.69) is 152 Å². The van der Waals surface area contributed by atoms with Gasteiger partial charge >= 0.3 is 0 Å². The van der Waals surface area contributed by atoms with Crippen LogP contribution in [0.3, 0.4) is 0 Å². The van der Waals surface area contributed by atoms with Gasteiger partial charge in [0.1, 0.15) is 11.6 Å². The van der Waals surface area contributed by atoms with Gasteiger partial charge in [-0.15, -0.1) is 0 Å². The summed E-state index contributed by atoms with van der Waals surface area (Å²) in [7, 11) is 0. The van der Waals surface area contributed by atoms with Crippen LogP contribution in [0.4, 0.5) is 0 Å². The summed E-state index contributed by atoms with van der Waals surface area (Å²) >= 11 is 0. The maximum absolute atomic E-state index is 11.9. The number of hydrogen-bond acceptors (Lipinski definition) is 3. The van der Waals surface area contributed by atoms with Crippen molar-refractivity contribution in [3.8, 4) is 50.6 Å². The summed E-state index contributed by atoms with van der Waals surface area (Å²) in [4.78, 5) is 10.2. The van der Waals surface area contributed by atoms with Gasteiger partial charge < -0.3 is 9.67 Å². The molecule has 4 aromatic carbocycles. The molecule has 0 saturated carbocycles. The Bertz CT molecular complexity index is 2070. The van der Waals surface area contributed by atoms with Crippen molar-refractivity contribution in [2.24, 2.45) is 5.92 Å². The van der Waals surface area contributed by atoms with Crippen molar-refractivity contribution in [2.45, 2.75) is 79.7 Å². The van der Waals surface area contributed by atoms with E-state index in [1.807, 2.05) is 12.3 Å². The first kappa shape index (κ1) is 32.2. The van der Waals surface area contributed by atoms with E-state index in [1.54, 1.807) is 0 Å². The van der Waals surface area contributed by atoms with Gasteiger partial charge in [0.2, 0.25) is 0 Å². The van der Waals surface area contributed by atoms with Crippen molar-refractivity contribution in [3.05, 3.63) is 114 Å². The molecule has 0 radical (unpaired) electrons. The summed E-state index contributed by atoms with van der Waals surface area (Å²) in [6.45, 7) is 20.5. The molecule has 4 nitrogen and oxygen atoms in total. The molecule has 240 valence electrons. The van der Waals surface area contributed by atoms with E-state index in [1.165, 1.54) is 16.7 Å². The number of nitrogens with zero attached hydrogens (tertiary/aromatic N) is 3. The molecule has 0 bridgehead atoms. The van der Waals surface area contributed by atoms with E-state index in [9.17, 15) is 5.11 Å². The molecule has 0 aliphatic carbocycles. The smallest absolute Gasteiger partial charge is 0.144 e. The molecular formula is C43H47N3O. The lowest BCUT2D eigenvalue weighted by Crippen LogP contribution is -2.17. The predicted molar refractivity (Wildman–Crippen MR) is 198 cm³/mol. The zero-order valence-electron chi connectivity index (χ0n) is 29.3. The number of para-hydroxylation sites is 1. The lowest BCUT2D eigenvalue weighted by Gasteiger charge is -2.27. The number of phenolic OH excluding ortho intramolecular Hbond substituents is 1. The first-order valence-electron chi connectivity index (χ1n) is 16.7. The average Bonchev–Trinajstić information content (AvgIpc) is 3.38. The number of pyridine rings is 1. The minimum Gasteiger partial charge on any atom is -0.507 e. The third-order valence-corrected chi connectivity index (χ3v) is 9.01. The van der Waals surface area contributed by atoms with Crippen molar-refractivity contribution in [3.63, 3.8) is 0 Å². The third-order valence-electron chi connectivity index (χ3n) is 9.01. The lowest BCUT2D eigenvalue weighted by atomic mass is 9.79. The minimum atomic E-state index is -0.231. The molecule has 0 atom stereocenters. The van der Waals surface area contributed by atoms with Gasteiger partial charge in [0.05, 0.1) is 22.3 Å². The molecule has 6 rings (SSSR count). The molecule has 47 heavy (non-hydrogen) atoms. The summed E-state index contributed by atoms with van der Waals surface area (Å²) in [5.74, 6) is 1.51. The second-order valence-corrected chi connectivity index (χ2v) is 15.4. The number of hydrogen-bond donors (Lipinski definition) is 1. The summed E-state index contributed by atoms with van der Waals surface area (Å²) in [6.07, 6.45) is 1.97. The highest BCUT2D eigenvalue weighted by Crippen LogP contribution is 2.43. The van der Waals surface area contributed by atoms with E-state index >= 15 is 0 Å². The summed E-state index contributed by atoms with van der Waals surface area (Å²) in [5.41, 5.74) is 12.3. The van der Waals surface area contributed by atoms with Crippen molar-refractivity contribution in [2.75, 3.05) is 0 Å². The second-order valence-electron chi connectivity index (χ2n) is 15.4. The zero-order chi connectivity index (χ0) is 33.7. The number of fused-ring (bicyclic) bond motifs is 1. The van der Waals surface area contributed by atoms with E-state index in [0.29, 0.717) is 11.7 Å². The van der Waals surface area contributed by atoms with Crippen LogP contribution in [0.25, 0.3) is 55.9 Å². The summed E-state index contributed by atoms with van der Waals surface area (Å²) < 4.78 is 2.30. The highest BCUT2D eigenvalue weighted by molar-refractivity contribution is 5.95. The zero-order valence-corrected chi connectivity index (χ0v) is 29.3. The van der Waals surface area contributed by atoms with E-state index in [0.717, 1.165) is 62.5 Å². The van der Waals surface area contributed by atoms with Crippen molar-refractivity contribution < 1.29 is 5.11 Å². The fourth-order valence-corrected chi connectivity index (χ4v) is 6.40. The van der Waals surface area contributed by atoms with Crippen molar-refractivity contribution in [1.82, 2.24) is 14.5 Å². The largest absolute Gasteiger partial charge is 0.507 e. The van der Waals surface area contributed by atoms with Crippen molar-refractivity contribution >= 4 is 11.0 Å². The maximum Gasteiger partial charge on any atom is 0.144 e. The summed E-state index contributed by atoms with van der Waals surface area (Å²) in [6, 6.07) is 32.0. The SMILES string of the molecule is Cc1cnc(-c2cccc(-c3cccc4c3nc(-c3cc(C(C)(C)C)cc(C(C)(C)C)c3O)n4CC(C)C)c2)cc1-c1ccccc1. The Balaban J connectivity index is 1.54. The van der Waals surface area contributed by atoms with Gasteiger partial charge in [-0.3, -0.25) is 4.98 Å². The van der Waals surface area contributed by atoms with Crippen molar-refractivity contribution in [1.29, 1.82) is 0 Å². The Hall–Kier alpha value is -4.70. The Kier molecular flexibility index (Phi) is 8.34. The third kappa shape index (κ3) is 6.34. The molecule has 1 N–H and O–H groups in total. The lowest BCUT2D eigenvalue weighted by molar-refractivity contribution is 0.445. The fraction of sp³-hybridized carbons (Fsp3) is 0.302. The van der Waals surface area contributed by atoms with Crippen LogP contribution in [0.15, 0.2) is 97.2 Å². The Morgan fingerprint density at radius 1 is 0.702 bits per heavy atom. The molecule has 0 fully saturated rings. The Morgan fingerprint density at radius 2 is 1.38 bits per heavy atom. The number of aryl methyl sites for hydroxylation is 1. The van der Waals surface area contributed by atoms with Crippen LogP contribution in [-0.2, 0) is 17.4 Å². The molecule has 4 heteroatoms. The molecular weight excluding hydrogens is 574 g/mol. The van der Waals surface area contributed by atoms with Crippen LogP contribution in [0.2, 0.25) is 0 Å². The standard InChI is InChI=1S/C43H47N3O/c1-27(2)26-46-38-20-14-19-33(39(38)45-41(46)35-22-32(42(4,5)6)23-36(40(35)47)43(7,8)9)30-17-13-18-31(21-30)37-24-34(28(3)25-44-37)29-15-11-10-12-16-29/h10-25,27,47H,26H2,1-9H3. The molecule has 2 aromatic heterocycles. The van der Waals surface area contributed by atoms with E-state index in [4.69, 9.17) is 9.97 Å². The van der Waals surface area contributed by atoms with E-state index in [-0.39, 0.29) is 10.8 Å². The van der Waals surface area contributed by atoms with Crippen LogP contribution < -0.4 is 0 Å². The van der Waals surface area contributed by atoms with Crippen LogP contribution >= 0.6 is 0 Å². The monoisotopic (exact) mass is 621 g/mol. The first-order valence-corrected chi connectivity index (χ1v) is 16.7. The number of imidazole rings is 1. The van der Waals surface area contributed by atoms with Gasteiger partial charge in [-0.25, -0.2) is 4.98 Å². The normalized spacial score (nSPS) is 12.3. The molecule has 0 aliphatic heterocycles. The number of benzene rings is 4. The van der Waals surface area contributed by atoms with Gasteiger partial charge in [0.15, 0.2) is 0 Å².